The summed E-state index contributed by atoms with van der Waals surface area (Å²) in [6.07, 6.45) is 6.32. The van der Waals surface area contributed by atoms with Gasteiger partial charge in [-0.05, 0) is 24.5 Å². The van der Waals surface area contributed by atoms with Crippen molar-refractivity contribution in [3.63, 3.8) is 0 Å². The van der Waals surface area contributed by atoms with Gasteiger partial charge in [-0.15, -0.1) is 0 Å². The van der Waals surface area contributed by atoms with Crippen LogP contribution in [0.3, 0.4) is 0 Å². The van der Waals surface area contributed by atoms with Gasteiger partial charge in [0.25, 0.3) is 0 Å². The molecule has 0 spiro atoms. The number of nitrogens with zero attached hydrogens (tertiary/aromatic N) is 4. The topological polar surface area (TPSA) is 83.1 Å². The van der Waals surface area contributed by atoms with Gasteiger partial charge < -0.3 is 0 Å². The highest BCUT2D eigenvalue weighted by Gasteiger charge is 2.16. The van der Waals surface area contributed by atoms with E-state index < -0.39 is 0 Å². The van der Waals surface area contributed by atoms with Gasteiger partial charge in [-0.2, -0.15) is 10.2 Å². The van der Waals surface area contributed by atoms with Gasteiger partial charge in [0.1, 0.15) is 5.52 Å². The molecule has 0 saturated heterocycles. The first-order valence-electron chi connectivity index (χ1n) is 8.24. The molecule has 4 heterocycles. The second-order valence-corrected chi connectivity index (χ2v) is 6.62. The van der Waals surface area contributed by atoms with Crippen molar-refractivity contribution >= 4 is 21.8 Å². The van der Waals surface area contributed by atoms with Gasteiger partial charge >= 0.3 is 0 Å². The molecule has 4 aromatic heterocycles. The Kier molecular flexibility index (Phi) is 3.52. The summed E-state index contributed by atoms with van der Waals surface area (Å²) in [5.74, 6) is 0.684. The molecule has 6 nitrogen and oxygen atoms in total. The molecular weight excluding hydrogens is 300 g/mol. The van der Waals surface area contributed by atoms with Crippen molar-refractivity contribution in [3.8, 4) is 0 Å². The number of aromatic nitrogens is 6. The number of rotatable bonds is 4. The number of nitrogens with one attached hydrogen (secondary N) is 2. The summed E-state index contributed by atoms with van der Waals surface area (Å²) in [4.78, 5) is 8.79. The third kappa shape index (κ3) is 2.44. The van der Waals surface area contributed by atoms with Crippen LogP contribution in [0, 0.1) is 0 Å². The van der Waals surface area contributed by atoms with Crippen LogP contribution in [0.1, 0.15) is 49.7 Å². The van der Waals surface area contributed by atoms with Crippen molar-refractivity contribution in [2.45, 2.75) is 39.0 Å². The van der Waals surface area contributed by atoms with E-state index in [0.29, 0.717) is 5.92 Å². The van der Waals surface area contributed by atoms with E-state index in [1.807, 2.05) is 18.5 Å². The van der Waals surface area contributed by atoms with Crippen LogP contribution in [0.25, 0.3) is 21.8 Å². The molecule has 4 rings (SSSR count). The van der Waals surface area contributed by atoms with Crippen LogP contribution in [-0.2, 0) is 6.42 Å². The van der Waals surface area contributed by atoms with Crippen molar-refractivity contribution in [1.29, 1.82) is 0 Å². The van der Waals surface area contributed by atoms with Gasteiger partial charge in [0.05, 0.1) is 11.7 Å². The normalized spacial score (nSPS) is 13.2. The average Bonchev–Trinajstić information content (AvgIpc) is 3.18. The molecule has 0 aliphatic rings. The molecule has 0 aromatic carbocycles. The zero-order chi connectivity index (χ0) is 16.7. The third-order valence-corrected chi connectivity index (χ3v) is 4.50. The first-order chi connectivity index (χ1) is 11.6. The number of pyridine rings is 2. The quantitative estimate of drug-likeness (QED) is 0.600. The number of H-pyrrole nitrogens is 2. The number of hydrogen-bond donors (Lipinski definition) is 2. The SMILES string of the molecule is CC(C)c1[nH]nc2cnc(CC(C)c3[nH]nc4ccncc34)cc12. The summed E-state index contributed by atoms with van der Waals surface area (Å²) in [5.41, 5.74) is 5.21. The first-order valence-corrected chi connectivity index (χ1v) is 8.24. The molecule has 0 aliphatic heterocycles. The molecule has 4 aromatic rings. The van der Waals surface area contributed by atoms with Crippen molar-refractivity contribution in [2.24, 2.45) is 0 Å². The summed E-state index contributed by atoms with van der Waals surface area (Å²) < 4.78 is 0. The minimum Gasteiger partial charge on any atom is -0.281 e. The fraction of sp³-hybridized carbons (Fsp3) is 0.333. The summed E-state index contributed by atoms with van der Waals surface area (Å²) >= 11 is 0. The van der Waals surface area contributed by atoms with Gasteiger partial charge in [-0.3, -0.25) is 20.2 Å². The van der Waals surface area contributed by atoms with E-state index >= 15 is 0 Å². The molecule has 6 heteroatoms. The summed E-state index contributed by atoms with van der Waals surface area (Å²) in [6, 6.07) is 4.08. The highest BCUT2D eigenvalue weighted by atomic mass is 15.1. The minimum atomic E-state index is 0.276. The smallest absolute Gasteiger partial charge is 0.111 e. The number of fused-ring (bicyclic) bond motifs is 2. The second kappa shape index (κ2) is 5.70. The predicted octanol–water partition coefficient (Wildman–Crippen LogP) is 3.70. The molecule has 24 heavy (non-hydrogen) atoms. The third-order valence-electron chi connectivity index (χ3n) is 4.50. The summed E-state index contributed by atoms with van der Waals surface area (Å²) in [7, 11) is 0. The van der Waals surface area contributed by atoms with Crippen LogP contribution in [0.5, 0.6) is 0 Å². The molecule has 0 saturated carbocycles. The van der Waals surface area contributed by atoms with E-state index in [0.717, 1.165) is 39.9 Å². The maximum atomic E-state index is 4.58. The zero-order valence-corrected chi connectivity index (χ0v) is 14.0. The monoisotopic (exact) mass is 320 g/mol. The lowest BCUT2D eigenvalue weighted by Crippen LogP contribution is -2.02. The van der Waals surface area contributed by atoms with Gasteiger partial charge in [0.15, 0.2) is 0 Å². The molecule has 0 aliphatic carbocycles. The molecule has 1 atom stereocenters. The first kappa shape index (κ1) is 14.8. The van der Waals surface area contributed by atoms with Crippen molar-refractivity contribution in [3.05, 3.63) is 47.8 Å². The molecule has 0 bridgehead atoms. The van der Waals surface area contributed by atoms with E-state index in [1.54, 1.807) is 6.20 Å². The molecule has 0 amide bonds. The van der Waals surface area contributed by atoms with E-state index in [9.17, 15) is 0 Å². The fourth-order valence-corrected chi connectivity index (χ4v) is 3.19. The second-order valence-electron chi connectivity index (χ2n) is 6.62. The average molecular weight is 320 g/mol. The van der Waals surface area contributed by atoms with E-state index in [1.165, 1.54) is 5.39 Å². The highest BCUT2D eigenvalue weighted by molar-refractivity contribution is 5.82. The molecular formula is C18H20N6. The molecule has 2 N–H and O–H groups in total. The van der Waals surface area contributed by atoms with Crippen LogP contribution < -0.4 is 0 Å². The standard InChI is InChI=1S/C18H20N6/c1-10(2)17-13-7-12(20-9-16(13)22-23-17)6-11(3)18-14-8-19-5-4-15(14)21-24-18/h4-5,7-11H,6H2,1-3H3,(H,21,24)(H,22,23). The van der Waals surface area contributed by atoms with Crippen molar-refractivity contribution < 1.29 is 0 Å². The van der Waals surface area contributed by atoms with E-state index in [-0.39, 0.29) is 5.92 Å². The van der Waals surface area contributed by atoms with Crippen LogP contribution in [0.4, 0.5) is 0 Å². The number of aromatic amines is 2. The molecule has 122 valence electrons. The Morgan fingerprint density at radius 3 is 2.58 bits per heavy atom. The van der Waals surface area contributed by atoms with Gasteiger partial charge in [0, 0.05) is 46.2 Å². The van der Waals surface area contributed by atoms with E-state index in [4.69, 9.17) is 0 Å². The Labute approximate surface area is 139 Å². The fourth-order valence-electron chi connectivity index (χ4n) is 3.19. The number of hydrogen-bond acceptors (Lipinski definition) is 4. The van der Waals surface area contributed by atoms with Crippen LogP contribution >= 0.6 is 0 Å². The lowest BCUT2D eigenvalue weighted by atomic mass is 9.98. The Morgan fingerprint density at radius 1 is 0.958 bits per heavy atom. The molecule has 0 radical (unpaired) electrons. The van der Waals surface area contributed by atoms with Crippen molar-refractivity contribution in [1.82, 2.24) is 30.4 Å². The Bertz CT molecular complexity index is 997. The highest BCUT2D eigenvalue weighted by Crippen LogP contribution is 2.27. The summed E-state index contributed by atoms with van der Waals surface area (Å²) in [6.45, 7) is 6.52. The Morgan fingerprint density at radius 2 is 1.75 bits per heavy atom. The van der Waals surface area contributed by atoms with Gasteiger partial charge in [-0.1, -0.05) is 20.8 Å². The predicted molar refractivity (Wildman–Crippen MR) is 94.0 cm³/mol. The van der Waals surface area contributed by atoms with Gasteiger partial charge in [-0.25, -0.2) is 0 Å². The lowest BCUT2D eigenvalue weighted by molar-refractivity contribution is 0.716. The minimum absolute atomic E-state index is 0.276. The van der Waals surface area contributed by atoms with Crippen LogP contribution in [0.15, 0.2) is 30.7 Å². The van der Waals surface area contributed by atoms with Gasteiger partial charge in [0.2, 0.25) is 0 Å². The maximum absolute atomic E-state index is 4.58. The van der Waals surface area contributed by atoms with Crippen LogP contribution in [-0.4, -0.2) is 30.4 Å². The molecule has 1 unspecified atom stereocenters. The summed E-state index contributed by atoms with van der Waals surface area (Å²) in [5, 5.41) is 17.2. The Balaban J connectivity index is 1.67. The van der Waals surface area contributed by atoms with E-state index in [2.05, 4.69) is 57.2 Å². The Hall–Kier alpha value is -2.76. The maximum Gasteiger partial charge on any atom is 0.111 e. The zero-order valence-electron chi connectivity index (χ0n) is 14.0. The molecule has 0 fully saturated rings. The largest absolute Gasteiger partial charge is 0.281 e. The lowest BCUT2D eigenvalue weighted by Gasteiger charge is -2.10. The van der Waals surface area contributed by atoms with Crippen molar-refractivity contribution in [2.75, 3.05) is 0 Å². The van der Waals surface area contributed by atoms with Crippen LogP contribution in [0.2, 0.25) is 0 Å².